The predicted molar refractivity (Wildman–Crippen MR) is 99.9 cm³/mol. The normalized spacial score (nSPS) is 12.0. The van der Waals surface area contributed by atoms with Crippen LogP contribution in [0.2, 0.25) is 0 Å². The van der Waals surface area contributed by atoms with E-state index < -0.39 is 0 Å². The van der Waals surface area contributed by atoms with E-state index in [-0.39, 0.29) is 6.10 Å². The van der Waals surface area contributed by atoms with Crippen molar-refractivity contribution in [3.05, 3.63) is 107 Å². The van der Waals surface area contributed by atoms with Crippen molar-refractivity contribution in [3.8, 4) is 0 Å². The van der Waals surface area contributed by atoms with Gasteiger partial charge in [-0.1, -0.05) is 84.9 Å². The summed E-state index contributed by atoms with van der Waals surface area (Å²) in [6.45, 7) is 2.75. The summed E-state index contributed by atoms with van der Waals surface area (Å²) in [5.74, 6) is 0. The van der Waals surface area contributed by atoms with Gasteiger partial charge in [0.1, 0.15) is 0 Å². The molecule has 0 N–H and O–H groups in total. The minimum absolute atomic E-state index is 0.115. The van der Waals surface area contributed by atoms with Crippen LogP contribution in [0, 0.1) is 0 Å². The van der Waals surface area contributed by atoms with Crippen molar-refractivity contribution in [1.82, 2.24) is 0 Å². The maximum atomic E-state index is 5.98. The maximum absolute atomic E-state index is 5.98. The summed E-state index contributed by atoms with van der Waals surface area (Å²) >= 11 is 0. The van der Waals surface area contributed by atoms with Gasteiger partial charge >= 0.3 is 0 Å². The van der Waals surface area contributed by atoms with Crippen LogP contribution in [0.15, 0.2) is 84.9 Å². The summed E-state index contributed by atoms with van der Waals surface area (Å²) in [7, 11) is 0. The van der Waals surface area contributed by atoms with Crippen LogP contribution in [0.1, 0.15) is 35.3 Å². The molecule has 0 aliphatic rings. The van der Waals surface area contributed by atoms with Crippen LogP contribution >= 0.6 is 0 Å². The van der Waals surface area contributed by atoms with Crippen molar-refractivity contribution in [2.24, 2.45) is 0 Å². The molecule has 0 radical (unpaired) electrons. The van der Waals surface area contributed by atoms with Gasteiger partial charge in [0.15, 0.2) is 0 Å². The van der Waals surface area contributed by atoms with Gasteiger partial charge in [-0.05, 0) is 42.0 Å². The van der Waals surface area contributed by atoms with Crippen molar-refractivity contribution < 1.29 is 4.74 Å². The lowest BCUT2D eigenvalue weighted by Crippen LogP contribution is -2.00. The van der Waals surface area contributed by atoms with Crippen LogP contribution in [-0.2, 0) is 24.2 Å². The molecule has 0 aliphatic carbocycles. The Kier molecular flexibility index (Phi) is 5.81. The van der Waals surface area contributed by atoms with E-state index in [4.69, 9.17) is 4.74 Å². The van der Waals surface area contributed by atoms with Crippen LogP contribution in [0.3, 0.4) is 0 Å². The zero-order valence-electron chi connectivity index (χ0n) is 14.2. The van der Waals surface area contributed by atoms with Crippen molar-refractivity contribution >= 4 is 0 Å². The van der Waals surface area contributed by atoms with E-state index >= 15 is 0 Å². The third kappa shape index (κ3) is 4.81. The molecule has 0 amide bonds. The van der Waals surface area contributed by atoms with Crippen molar-refractivity contribution in [2.45, 2.75) is 32.5 Å². The van der Waals surface area contributed by atoms with E-state index in [2.05, 4.69) is 85.8 Å². The highest BCUT2D eigenvalue weighted by molar-refractivity contribution is 5.24. The fraction of sp³-hybridized carbons (Fsp3) is 0.217. The van der Waals surface area contributed by atoms with Gasteiger partial charge in [-0.25, -0.2) is 0 Å². The van der Waals surface area contributed by atoms with Gasteiger partial charge < -0.3 is 4.74 Å². The minimum Gasteiger partial charge on any atom is -0.369 e. The average Bonchev–Trinajstić information content (AvgIpc) is 2.67. The number of ether oxygens (including phenoxy) is 1. The summed E-state index contributed by atoms with van der Waals surface area (Å²) in [6.07, 6.45) is 2.27. The van der Waals surface area contributed by atoms with Gasteiger partial charge in [-0.2, -0.15) is 0 Å². The van der Waals surface area contributed by atoms with Crippen LogP contribution in [0.5, 0.6) is 0 Å². The molecule has 3 aromatic carbocycles. The number of benzene rings is 3. The molecular weight excluding hydrogens is 292 g/mol. The molecule has 3 aromatic rings. The zero-order valence-corrected chi connectivity index (χ0v) is 14.2. The van der Waals surface area contributed by atoms with Gasteiger partial charge in [-0.15, -0.1) is 0 Å². The summed E-state index contributed by atoms with van der Waals surface area (Å²) in [5, 5.41) is 0. The SMILES string of the molecule is C[C@H](OCc1ccc(CCc2ccccc2)cc1)c1ccccc1. The first-order valence-corrected chi connectivity index (χ1v) is 8.59. The highest BCUT2D eigenvalue weighted by atomic mass is 16.5. The lowest BCUT2D eigenvalue weighted by molar-refractivity contribution is 0.0525. The van der Waals surface area contributed by atoms with Gasteiger partial charge in [0.25, 0.3) is 0 Å². The molecular formula is C23H24O. The molecule has 1 heteroatoms. The number of rotatable bonds is 7. The van der Waals surface area contributed by atoms with Gasteiger partial charge in [0.2, 0.25) is 0 Å². The molecule has 0 unspecified atom stereocenters. The van der Waals surface area contributed by atoms with E-state index in [9.17, 15) is 0 Å². The Morgan fingerprint density at radius 3 is 1.75 bits per heavy atom. The Bertz CT molecular complexity index is 717. The summed E-state index contributed by atoms with van der Waals surface area (Å²) < 4.78 is 5.98. The Morgan fingerprint density at radius 2 is 1.12 bits per heavy atom. The molecule has 1 nitrogen and oxygen atoms in total. The van der Waals surface area contributed by atoms with E-state index in [1.165, 1.54) is 22.3 Å². The largest absolute Gasteiger partial charge is 0.369 e. The topological polar surface area (TPSA) is 9.23 Å². The smallest absolute Gasteiger partial charge is 0.0801 e. The molecule has 1 atom stereocenters. The molecule has 0 saturated carbocycles. The number of hydrogen-bond acceptors (Lipinski definition) is 1. The third-order valence-corrected chi connectivity index (χ3v) is 4.34. The number of hydrogen-bond donors (Lipinski definition) is 0. The second-order valence-corrected chi connectivity index (χ2v) is 6.17. The van der Waals surface area contributed by atoms with Crippen molar-refractivity contribution in [3.63, 3.8) is 0 Å². The maximum Gasteiger partial charge on any atom is 0.0801 e. The predicted octanol–water partition coefficient (Wildman–Crippen LogP) is 5.75. The highest BCUT2D eigenvalue weighted by Crippen LogP contribution is 2.18. The van der Waals surface area contributed by atoms with Gasteiger partial charge in [0.05, 0.1) is 12.7 Å². The van der Waals surface area contributed by atoms with Gasteiger partial charge in [0, 0.05) is 0 Å². The molecule has 0 heterocycles. The van der Waals surface area contributed by atoms with Crippen molar-refractivity contribution in [2.75, 3.05) is 0 Å². The molecule has 3 rings (SSSR count). The summed E-state index contributed by atoms with van der Waals surface area (Å²) in [6, 6.07) is 29.8. The van der Waals surface area contributed by atoms with Crippen LogP contribution in [0.25, 0.3) is 0 Å². The second kappa shape index (κ2) is 8.47. The minimum atomic E-state index is 0.115. The summed E-state index contributed by atoms with van der Waals surface area (Å²) in [4.78, 5) is 0. The monoisotopic (exact) mass is 316 g/mol. The lowest BCUT2D eigenvalue weighted by atomic mass is 10.0. The van der Waals surface area contributed by atoms with Crippen LogP contribution < -0.4 is 0 Å². The first-order valence-electron chi connectivity index (χ1n) is 8.59. The van der Waals surface area contributed by atoms with E-state index in [0.29, 0.717) is 6.61 Å². The first-order chi connectivity index (χ1) is 11.8. The fourth-order valence-corrected chi connectivity index (χ4v) is 2.78. The highest BCUT2D eigenvalue weighted by Gasteiger charge is 2.05. The molecule has 0 spiro atoms. The molecule has 0 fully saturated rings. The van der Waals surface area contributed by atoms with Crippen molar-refractivity contribution in [1.29, 1.82) is 0 Å². The van der Waals surface area contributed by atoms with Crippen LogP contribution in [-0.4, -0.2) is 0 Å². The quantitative estimate of drug-likeness (QED) is 0.539. The molecule has 0 aromatic heterocycles. The zero-order chi connectivity index (χ0) is 16.6. The average molecular weight is 316 g/mol. The first kappa shape index (κ1) is 16.5. The molecule has 0 saturated heterocycles. The Balaban J connectivity index is 1.49. The van der Waals surface area contributed by atoms with E-state index in [1.54, 1.807) is 0 Å². The molecule has 0 aliphatic heterocycles. The van der Waals surface area contributed by atoms with Crippen LogP contribution in [0.4, 0.5) is 0 Å². The van der Waals surface area contributed by atoms with E-state index in [0.717, 1.165) is 12.8 Å². The Labute approximate surface area is 144 Å². The van der Waals surface area contributed by atoms with E-state index in [1.807, 2.05) is 6.07 Å². The third-order valence-electron chi connectivity index (χ3n) is 4.34. The number of aryl methyl sites for hydroxylation is 2. The standard InChI is InChI=1S/C23H24O/c1-19(23-10-6-3-7-11-23)24-18-22-16-14-21(15-17-22)13-12-20-8-4-2-5-9-20/h2-11,14-17,19H,12-13,18H2,1H3/t19-/m0/s1. The summed E-state index contributed by atoms with van der Waals surface area (Å²) in [5.41, 5.74) is 5.21. The Morgan fingerprint density at radius 1 is 0.625 bits per heavy atom. The van der Waals surface area contributed by atoms with Gasteiger partial charge in [-0.3, -0.25) is 0 Å². The Hall–Kier alpha value is -2.38. The molecule has 0 bridgehead atoms. The molecule has 24 heavy (non-hydrogen) atoms. The molecule has 122 valence electrons. The fourth-order valence-electron chi connectivity index (χ4n) is 2.78. The second-order valence-electron chi connectivity index (χ2n) is 6.17. The lowest BCUT2D eigenvalue weighted by Gasteiger charge is -2.13.